The molecule has 0 aromatic carbocycles. The summed E-state index contributed by atoms with van der Waals surface area (Å²) in [6.45, 7) is 0.109. The first-order valence-corrected chi connectivity index (χ1v) is 5.26. The van der Waals surface area contributed by atoms with E-state index < -0.39 is 17.9 Å². The number of amides is 1. The van der Waals surface area contributed by atoms with Crippen molar-refractivity contribution in [3.8, 4) is 0 Å². The summed E-state index contributed by atoms with van der Waals surface area (Å²) >= 11 is 0. The molecular weight excluding hydrogens is 238 g/mol. The van der Waals surface area contributed by atoms with Crippen LogP contribution in [0, 0.1) is 0 Å². The lowest BCUT2D eigenvalue weighted by atomic mass is 10.2. The van der Waals surface area contributed by atoms with Crippen molar-refractivity contribution in [2.24, 2.45) is 5.73 Å². The molecule has 1 heterocycles. The molecule has 0 radical (unpaired) electrons. The summed E-state index contributed by atoms with van der Waals surface area (Å²) < 4.78 is 4.72. The highest BCUT2D eigenvalue weighted by molar-refractivity contribution is 5.96. The van der Waals surface area contributed by atoms with E-state index in [1.54, 1.807) is 0 Å². The minimum Gasteiger partial charge on any atom is -0.480 e. The van der Waals surface area contributed by atoms with Crippen LogP contribution in [0.2, 0.25) is 0 Å². The number of aromatic nitrogens is 1. The topological polar surface area (TPSA) is 115 Å². The van der Waals surface area contributed by atoms with Crippen LogP contribution < -0.4 is 11.1 Å². The van der Waals surface area contributed by atoms with Crippen LogP contribution in [0.3, 0.4) is 0 Å². The van der Waals surface area contributed by atoms with Crippen molar-refractivity contribution >= 4 is 11.9 Å². The second kappa shape index (κ2) is 6.67. The van der Waals surface area contributed by atoms with Crippen LogP contribution >= 0.6 is 0 Å². The molecule has 0 spiro atoms. The van der Waals surface area contributed by atoms with E-state index in [4.69, 9.17) is 15.6 Å². The number of pyridine rings is 1. The van der Waals surface area contributed by atoms with Gasteiger partial charge in [-0.15, -0.1) is 0 Å². The Kier molecular flexibility index (Phi) is 5.22. The first-order chi connectivity index (χ1) is 8.58. The van der Waals surface area contributed by atoms with Gasteiger partial charge in [-0.05, 0) is 12.1 Å². The number of rotatable bonds is 6. The quantitative estimate of drug-likeness (QED) is 0.622. The Labute approximate surface area is 104 Å². The van der Waals surface area contributed by atoms with E-state index in [0.29, 0.717) is 11.3 Å². The average Bonchev–Trinajstić information content (AvgIpc) is 2.38. The summed E-state index contributed by atoms with van der Waals surface area (Å²) in [7, 11) is 1.36. The van der Waals surface area contributed by atoms with Gasteiger partial charge in [-0.2, -0.15) is 0 Å². The second-order valence-electron chi connectivity index (χ2n) is 3.56. The molecule has 18 heavy (non-hydrogen) atoms. The molecule has 0 saturated heterocycles. The first-order valence-electron chi connectivity index (χ1n) is 5.26. The molecule has 0 aliphatic rings. The van der Waals surface area contributed by atoms with Gasteiger partial charge >= 0.3 is 5.97 Å². The molecule has 1 aromatic heterocycles. The van der Waals surface area contributed by atoms with Gasteiger partial charge in [0.05, 0.1) is 12.3 Å². The highest BCUT2D eigenvalue weighted by atomic mass is 16.5. The monoisotopic (exact) mass is 253 g/mol. The maximum atomic E-state index is 11.8. The van der Waals surface area contributed by atoms with Gasteiger partial charge in [0.15, 0.2) is 6.04 Å². The van der Waals surface area contributed by atoms with Gasteiger partial charge in [0.25, 0.3) is 5.91 Å². The Bertz CT molecular complexity index is 436. The molecule has 0 aliphatic heterocycles. The number of nitrogens with one attached hydrogen (secondary N) is 1. The highest BCUT2D eigenvalue weighted by Gasteiger charge is 2.20. The number of nitrogens with zero attached hydrogens (tertiary/aromatic N) is 1. The lowest BCUT2D eigenvalue weighted by Crippen LogP contribution is -2.43. The fourth-order valence-corrected chi connectivity index (χ4v) is 1.31. The molecule has 0 saturated carbocycles. The van der Waals surface area contributed by atoms with Crippen LogP contribution in [0.4, 0.5) is 0 Å². The van der Waals surface area contributed by atoms with Crippen LogP contribution in [0.15, 0.2) is 18.3 Å². The number of nitrogens with two attached hydrogens (primary N) is 1. The van der Waals surface area contributed by atoms with Crippen LogP contribution in [-0.4, -0.2) is 41.7 Å². The lowest BCUT2D eigenvalue weighted by Gasteiger charge is -2.13. The van der Waals surface area contributed by atoms with Crippen LogP contribution in [0.1, 0.15) is 16.1 Å². The Morgan fingerprint density at radius 2 is 2.33 bits per heavy atom. The zero-order valence-corrected chi connectivity index (χ0v) is 9.92. The predicted octanol–water partition coefficient (Wildman–Crippen LogP) is -0.630. The Morgan fingerprint density at radius 1 is 1.61 bits per heavy atom. The van der Waals surface area contributed by atoms with Crippen molar-refractivity contribution in [1.29, 1.82) is 0 Å². The molecule has 1 atom stereocenters. The van der Waals surface area contributed by atoms with E-state index >= 15 is 0 Å². The van der Waals surface area contributed by atoms with E-state index in [9.17, 15) is 9.59 Å². The molecule has 98 valence electrons. The van der Waals surface area contributed by atoms with Gasteiger partial charge in [-0.1, -0.05) is 0 Å². The molecule has 1 aromatic rings. The summed E-state index contributed by atoms with van der Waals surface area (Å²) in [4.78, 5) is 26.6. The van der Waals surface area contributed by atoms with Gasteiger partial charge < -0.3 is 20.9 Å². The summed E-state index contributed by atoms with van der Waals surface area (Å²) in [6, 6.07) is 1.92. The van der Waals surface area contributed by atoms with Crippen molar-refractivity contribution in [2.45, 2.75) is 12.6 Å². The summed E-state index contributed by atoms with van der Waals surface area (Å²) in [6.07, 6.45) is 1.45. The molecule has 0 bridgehead atoms. The molecule has 1 rings (SSSR count). The summed E-state index contributed by atoms with van der Waals surface area (Å²) in [5, 5.41) is 11.2. The van der Waals surface area contributed by atoms with E-state index in [1.165, 1.54) is 25.4 Å². The van der Waals surface area contributed by atoms with E-state index in [1.807, 2.05) is 0 Å². The van der Waals surface area contributed by atoms with Crippen molar-refractivity contribution in [2.75, 3.05) is 13.7 Å². The van der Waals surface area contributed by atoms with Gasteiger partial charge in [-0.3, -0.25) is 9.78 Å². The lowest BCUT2D eigenvalue weighted by molar-refractivity contribution is -0.140. The number of methoxy groups -OCH3 is 1. The fraction of sp³-hybridized carbons (Fsp3) is 0.364. The van der Waals surface area contributed by atoms with Crippen LogP contribution in [-0.2, 0) is 16.1 Å². The minimum absolute atomic E-state index is 0.101. The SMILES string of the molecule is COCC(NC(=O)c1ccnc(CN)c1)C(=O)O. The molecule has 0 fully saturated rings. The molecule has 4 N–H and O–H groups in total. The van der Waals surface area contributed by atoms with Crippen LogP contribution in [0.5, 0.6) is 0 Å². The van der Waals surface area contributed by atoms with Crippen molar-refractivity contribution < 1.29 is 19.4 Å². The predicted molar refractivity (Wildman–Crippen MR) is 62.9 cm³/mol. The van der Waals surface area contributed by atoms with Gasteiger partial charge in [0.2, 0.25) is 0 Å². The summed E-state index contributed by atoms with van der Waals surface area (Å²) in [5.41, 5.74) is 6.28. The normalized spacial score (nSPS) is 11.9. The maximum absolute atomic E-state index is 11.8. The van der Waals surface area contributed by atoms with Crippen molar-refractivity contribution in [3.63, 3.8) is 0 Å². The largest absolute Gasteiger partial charge is 0.480 e. The highest BCUT2D eigenvalue weighted by Crippen LogP contribution is 2.02. The molecule has 7 heteroatoms. The average molecular weight is 253 g/mol. The molecule has 1 unspecified atom stereocenters. The van der Waals surface area contributed by atoms with Crippen LogP contribution in [0.25, 0.3) is 0 Å². The number of carboxylic acids is 1. The molecule has 0 aliphatic carbocycles. The number of carbonyl (C=O) groups excluding carboxylic acids is 1. The third kappa shape index (κ3) is 3.79. The standard InChI is InChI=1S/C11H15N3O4/c1-18-6-9(11(16)17)14-10(15)7-2-3-13-8(4-7)5-12/h2-4,9H,5-6,12H2,1H3,(H,14,15)(H,16,17). The second-order valence-corrected chi connectivity index (χ2v) is 3.56. The first kappa shape index (κ1) is 14.1. The summed E-state index contributed by atoms with van der Waals surface area (Å²) in [5.74, 6) is -1.66. The molecule has 7 nitrogen and oxygen atoms in total. The van der Waals surface area contributed by atoms with E-state index in [0.717, 1.165) is 0 Å². The smallest absolute Gasteiger partial charge is 0.328 e. The number of hydrogen-bond acceptors (Lipinski definition) is 5. The number of carbonyl (C=O) groups is 2. The van der Waals surface area contributed by atoms with Gasteiger partial charge in [0.1, 0.15) is 0 Å². The fourth-order valence-electron chi connectivity index (χ4n) is 1.31. The Hall–Kier alpha value is -1.99. The minimum atomic E-state index is -1.15. The van der Waals surface area contributed by atoms with Crippen molar-refractivity contribution in [3.05, 3.63) is 29.6 Å². The van der Waals surface area contributed by atoms with E-state index in [-0.39, 0.29) is 13.2 Å². The zero-order chi connectivity index (χ0) is 13.5. The number of hydrogen-bond donors (Lipinski definition) is 3. The number of carboxylic acid groups (broad SMARTS) is 1. The zero-order valence-electron chi connectivity index (χ0n) is 9.92. The van der Waals surface area contributed by atoms with Gasteiger partial charge in [-0.25, -0.2) is 4.79 Å². The Balaban J connectivity index is 2.76. The molecule has 1 amide bonds. The van der Waals surface area contributed by atoms with Crippen molar-refractivity contribution in [1.82, 2.24) is 10.3 Å². The third-order valence-corrected chi connectivity index (χ3v) is 2.22. The Morgan fingerprint density at radius 3 is 2.89 bits per heavy atom. The number of ether oxygens (including phenoxy) is 1. The third-order valence-electron chi connectivity index (χ3n) is 2.22. The van der Waals surface area contributed by atoms with E-state index in [2.05, 4.69) is 10.3 Å². The molecular formula is C11H15N3O4. The maximum Gasteiger partial charge on any atom is 0.328 e. The van der Waals surface area contributed by atoms with Gasteiger partial charge in [0, 0.05) is 25.4 Å². The number of aliphatic carboxylic acids is 1.